The second kappa shape index (κ2) is 8.58. The standard InChI is InChI=1S/C25H16F2N2O3S2/c26-16-10-11-23(19(27)13-16)34(31,32)29-20-14-22(25(30)18-8-2-1-7-17(18)20)33-21-9-3-5-15-6-4-12-28-24(15)21/h1-14,29-30H/p+1. The van der Waals surface area contributed by atoms with E-state index in [0.29, 0.717) is 21.7 Å². The number of hydrogen-bond acceptors (Lipinski definition) is 4. The molecule has 0 fully saturated rings. The summed E-state index contributed by atoms with van der Waals surface area (Å²) in [6.45, 7) is 0. The molecule has 5 aromatic rings. The van der Waals surface area contributed by atoms with Crippen molar-refractivity contribution in [3.8, 4) is 5.75 Å². The lowest BCUT2D eigenvalue weighted by Crippen LogP contribution is -2.15. The van der Waals surface area contributed by atoms with Gasteiger partial charge in [0.25, 0.3) is 15.8 Å². The summed E-state index contributed by atoms with van der Waals surface area (Å²) >= 11 is 1.29. The monoisotopic (exact) mass is 495 g/mol. The topological polar surface area (TPSA) is 82.0 Å². The molecule has 0 bridgehead atoms. The van der Waals surface area contributed by atoms with Gasteiger partial charge in [0, 0.05) is 27.9 Å². The van der Waals surface area contributed by atoms with Crippen LogP contribution in [0.5, 0.6) is 5.75 Å². The molecular weight excluding hydrogens is 478 g/mol. The van der Waals surface area contributed by atoms with Crippen molar-refractivity contribution in [2.45, 2.75) is 14.7 Å². The number of hydrogen-bond donors (Lipinski definition) is 1. The summed E-state index contributed by atoms with van der Waals surface area (Å²) in [6, 6.07) is 20.2. The van der Waals surface area contributed by atoms with Crippen LogP contribution in [0.1, 0.15) is 0 Å². The highest BCUT2D eigenvalue weighted by Gasteiger charge is 2.23. The van der Waals surface area contributed by atoms with Gasteiger partial charge in [-0.3, -0.25) is 9.71 Å². The maximum atomic E-state index is 14.2. The number of halogens is 2. The Morgan fingerprint density at radius 2 is 1.62 bits per heavy atom. The van der Waals surface area contributed by atoms with Gasteiger partial charge in [-0.25, -0.2) is 17.2 Å². The number of para-hydroxylation sites is 1. The molecule has 170 valence electrons. The second-order valence-electron chi connectivity index (χ2n) is 7.46. The number of nitrogens with one attached hydrogen (secondary N) is 1. The molecular formula is C25H17F2N2O3S2+. The van der Waals surface area contributed by atoms with Crippen LogP contribution in [0.4, 0.5) is 14.5 Å². The van der Waals surface area contributed by atoms with Crippen molar-refractivity contribution >= 4 is 49.1 Å². The van der Waals surface area contributed by atoms with Crippen LogP contribution in [0.15, 0.2) is 99.7 Å². The van der Waals surface area contributed by atoms with Gasteiger partial charge in [0.05, 0.1) is 16.6 Å². The molecule has 0 radical (unpaired) electrons. The minimum Gasteiger partial charge on any atom is -0.592 e. The summed E-state index contributed by atoms with van der Waals surface area (Å²) in [5.41, 5.74) is 0.948. The lowest BCUT2D eigenvalue weighted by atomic mass is 10.1. The molecule has 3 N–H and O–H groups in total. The molecule has 1 heterocycles. The first-order valence-corrected chi connectivity index (χ1v) is 12.4. The molecule has 0 saturated heterocycles. The number of pyridine rings is 1. The first kappa shape index (κ1) is 22.1. The fraction of sp³-hybridized carbons (Fsp3) is 0. The smallest absolute Gasteiger partial charge is 0.276 e. The molecule has 0 atom stereocenters. The number of fused-ring (bicyclic) bond motifs is 2. The molecule has 0 aliphatic rings. The Morgan fingerprint density at radius 1 is 0.853 bits per heavy atom. The molecule has 0 saturated carbocycles. The maximum absolute atomic E-state index is 14.2. The van der Waals surface area contributed by atoms with Crippen molar-refractivity contribution < 1.29 is 22.3 Å². The van der Waals surface area contributed by atoms with Gasteiger partial charge in [-0.05, 0) is 36.4 Å². The summed E-state index contributed by atoms with van der Waals surface area (Å²) in [7, 11) is -4.36. The van der Waals surface area contributed by atoms with Gasteiger partial charge in [-0.1, -0.05) is 48.2 Å². The molecule has 9 heteroatoms. The number of rotatable bonds is 5. The first-order chi connectivity index (χ1) is 16.3. The van der Waals surface area contributed by atoms with E-state index in [4.69, 9.17) is 5.11 Å². The van der Waals surface area contributed by atoms with Gasteiger partial charge in [-0.2, -0.15) is 0 Å². The Hall–Kier alpha value is -3.69. The van der Waals surface area contributed by atoms with E-state index in [9.17, 15) is 17.2 Å². The van der Waals surface area contributed by atoms with Crippen LogP contribution in [0.3, 0.4) is 0 Å². The third-order valence-electron chi connectivity index (χ3n) is 5.25. The Balaban J connectivity index is 1.63. The van der Waals surface area contributed by atoms with E-state index in [0.717, 1.165) is 27.9 Å². The van der Waals surface area contributed by atoms with Crippen LogP contribution in [0.25, 0.3) is 21.7 Å². The van der Waals surface area contributed by atoms with Crippen molar-refractivity contribution in [1.29, 1.82) is 0 Å². The fourth-order valence-electron chi connectivity index (χ4n) is 3.68. The van der Waals surface area contributed by atoms with Crippen LogP contribution < -0.4 is 4.72 Å². The number of benzene rings is 4. The van der Waals surface area contributed by atoms with Gasteiger partial charge >= 0.3 is 0 Å². The SMILES string of the molecule is O=S(=O)(Nc1cc(Sc2cccc3cccnc23)c([OH2+])c2ccccc12)c1ccc(F)cc1F. The molecule has 0 spiro atoms. The van der Waals surface area contributed by atoms with Crippen molar-refractivity contribution in [2.24, 2.45) is 0 Å². The highest BCUT2D eigenvalue weighted by molar-refractivity contribution is 7.99. The van der Waals surface area contributed by atoms with Gasteiger partial charge in [0.15, 0.2) is 0 Å². The molecule has 5 nitrogen and oxygen atoms in total. The van der Waals surface area contributed by atoms with E-state index >= 15 is 0 Å². The highest BCUT2D eigenvalue weighted by Crippen LogP contribution is 2.44. The number of anilines is 1. The van der Waals surface area contributed by atoms with E-state index in [1.807, 2.05) is 30.3 Å². The average molecular weight is 496 g/mol. The fourth-order valence-corrected chi connectivity index (χ4v) is 5.86. The second-order valence-corrected chi connectivity index (χ2v) is 10.2. The van der Waals surface area contributed by atoms with E-state index in [2.05, 4.69) is 9.71 Å². The zero-order chi connectivity index (χ0) is 23.9. The van der Waals surface area contributed by atoms with Gasteiger partial charge in [0.1, 0.15) is 21.4 Å². The molecule has 1 aromatic heterocycles. The Bertz CT molecular complexity index is 1670. The van der Waals surface area contributed by atoms with E-state index in [1.165, 1.54) is 11.8 Å². The third kappa shape index (κ3) is 4.04. The van der Waals surface area contributed by atoms with Crippen LogP contribution >= 0.6 is 11.8 Å². The number of nitrogens with zero attached hydrogens (tertiary/aromatic N) is 1. The van der Waals surface area contributed by atoms with E-state index in [1.54, 1.807) is 36.5 Å². The van der Waals surface area contributed by atoms with Crippen molar-refractivity contribution in [2.75, 3.05) is 4.72 Å². The largest absolute Gasteiger partial charge is 0.592 e. The molecule has 4 aromatic carbocycles. The molecule has 0 aliphatic heterocycles. The Morgan fingerprint density at radius 3 is 2.41 bits per heavy atom. The molecule has 0 unspecified atom stereocenters. The van der Waals surface area contributed by atoms with Crippen molar-refractivity contribution in [1.82, 2.24) is 4.98 Å². The Kier molecular flexibility index (Phi) is 5.59. The van der Waals surface area contributed by atoms with Gasteiger partial charge in [-0.15, -0.1) is 0 Å². The number of aromatic nitrogens is 1. The van der Waals surface area contributed by atoms with E-state index in [-0.39, 0.29) is 11.4 Å². The van der Waals surface area contributed by atoms with Crippen molar-refractivity contribution in [3.05, 3.63) is 96.7 Å². The minimum atomic E-state index is -4.36. The van der Waals surface area contributed by atoms with Crippen molar-refractivity contribution in [3.63, 3.8) is 0 Å². The third-order valence-corrected chi connectivity index (χ3v) is 7.74. The summed E-state index contributed by atoms with van der Waals surface area (Å²) in [6.07, 6.45) is 1.69. The van der Waals surface area contributed by atoms with Crippen LogP contribution in [0.2, 0.25) is 0 Å². The summed E-state index contributed by atoms with van der Waals surface area (Å²) in [5, 5.41) is 10.7. The van der Waals surface area contributed by atoms with Gasteiger partial charge in [0.2, 0.25) is 0 Å². The Labute approximate surface area is 198 Å². The van der Waals surface area contributed by atoms with E-state index < -0.39 is 26.6 Å². The summed E-state index contributed by atoms with van der Waals surface area (Å²) in [4.78, 5) is 5.08. The summed E-state index contributed by atoms with van der Waals surface area (Å²) < 4.78 is 55.9. The lowest BCUT2D eigenvalue weighted by Gasteiger charge is -2.14. The predicted octanol–water partition coefficient (Wildman–Crippen LogP) is 6.06. The zero-order valence-corrected chi connectivity index (χ0v) is 19.1. The van der Waals surface area contributed by atoms with Crippen LogP contribution in [-0.2, 0) is 10.0 Å². The first-order valence-electron chi connectivity index (χ1n) is 10.1. The van der Waals surface area contributed by atoms with Gasteiger partial charge < -0.3 is 5.11 Å². The predicted molar refractivity (Wildman–Crippen MR) is 130 cm³/mol. The molecule has 5 rings (SSSR count). The highest BCUT2D eigenvalue weighted by atomic mass is 32.2. The minimum absolute atomic E-state index is 0.186. The quantitative estimate of drug-likeness (QED) is 0.301. The normalized spacial score (nSPS) is 11.7. The average Bonchev–Trinajstić information content (AvgIpc) is 2.82. The zero-order valence-electron chi connectivity index (χ0n) is 17.4. The number of sulfonamides is 1. The molecule has 34 heavy (non-hydrogen) atoms. The van der Waals surface area contributed by atoms with Crippen LogP contribution in [0, 0.1) is 11.6 Å². The molecule has 0 amide bonds. The lowest BCUT2D eigenvalue weighted by molar-refractivity contribution is 0.469. The maximum Gasteiger partial charge on any atom is 0.276 e. The van der Waals surface area contributed by atoms with Crippen LogP contribution in [-0.4, -0.2) is 18.5 Å². The summed E-state index contributed by atoms with van der Waals surface area (Å²) in [5.74, 6) is -1.84. The molecule has 0 aliphatic carbocycles.